The molecule has 1 aliphatic heterocycles. The Balaban J connectivity index is 1.73. The molecule has 136 valence electrons. The predicted molar refractivity (Wildman–Crippen MR) is 94.6 cm³/mol. The maximum absolute atomic E-state index is 12.7. The number of methoxy groups -OCH3 is 1. The number of hydrogen-bond donors (Lipinski definition) is 0. The topological polar surface area (TPSA) is 38.8 Å². The van der Waals surface area contributed by atoms with Gasteiger partial charge in [-0.1, -0.05) is 30.3 Å². The highest BCUT2D eigenvalue weighted by Crippen LogP contribution is 2.27. The molecule has 2 aromatic carbocycles. The van der Waals surface area contributed by atoms with Crippen LogP contribution < -0.4 is 9.47 Å². The van der Waals surface area contributed by atoms with Crippen LogP contribution in [0.2, 0.25) is 0 Å². The summed E-state index contributed by atoms with van der Waals surface area (Å²) in [4.78, 5) is 14.3. The van der Waals surface area contributed by atoms with E-state index in [9.17, 15) is 13.6 Å². The van der Waals surface area contributed by atoms with Gasteiger partial charge in [-0.25, -0.2) is 0 Å². The van der Waals surface area contributed by atoms with Crippen molar-refractivity contribution in [3.05, 3.63) is 65.7 Å². The number of nitrogens with zero attached hydrogens (tertiary/aromatic N) is 1. The van der Waals surface area contributed by atoms with Crippen LogP contribution in [0.15, 0.2) is 54.6 Å². The SMILES string of the molecule is COc1ccc(C2=CCN(C(=O)c3ccccc3OC(F)F)CC2)cc1. The van der Waals surface area contributed by atoms with E-state index < -0.39 is 6.61 Å². The Morgan fingerprint density at radius 1 is 1.12 bits per heavy atom. The third kappa shape index (κ3) is 4.02. The van der Waals surface area contributed by atoms with Crippen molar-refractivity contribution < 1.29 is 23.0 Å². The number of halogens is 2. The maximum Gasteiger partial charge on any atom is 0.387 e. The molecule has 26 heavy (non-hydrogen) atoms. The first-order valence-electron chi connectivity index (χ1n) is 8.25. The van der Waals surface area contributed by atoms with E-state index >= 15 is 0 Å². The fourth-order valence-corrected chi connectivity index (χ4v) is 2.93. The Morgan fingerprint density at radius 3 is 2.46 bits per heavy atom. The lowest BCUT2D eigenvalue weighted by Crippen LogP contribution is -2.35. The lowest BCUT2D eigenvalue weighted by Gasteiger charge is -2.27. The summed E-state index contributed by atoms with van der Waals surface area (Å²) in [5, 5.41) is 0. The van der Waals surface area contributed by atoms with Crippen molar-refractivity contribution in [1.82, 2.24) is 4.90 Å². The number of benzene rings is 2. The minimum Gasteiger partial charge on any atom is -0.497 e. The van der Waals surface area contributed by atoms with E-state index in [2.05, 4.69) is 4.74 Å². The second-order valence-electron chi connectivity index (χ2n) is 5.83. The lowest BCUT2D eigenvalue weighted by atomic mass is 9.99. The molecule has 0 saturated heterocycles. The van der Waals surface area contributed by atoms with Gasteiger partial charge < -0.3 is 14.4 Å². The molecule has 0 atom stereocenters. The minimum atomic E-state index is -2.97. The van der Waals surface area contributed by atoms with Gasteiger partial charge in [0.05, 0.1) is 12.7 Å². The van der Waals surface area contributed by atoms with Gasteiger partial charge >= 0.3 is 6.61 Å². The number of ether oxygens (including phenoxy) is 2. The number of alkyl halides is 2. The smallest absolute Gasteiger partial charge is 0.387 e. The van der Waals surface area contributed by atoms with Crippen molar-refractivity contribution in [2.75, 3.05) is 20.2 Å². The monoisotopic (exact) mass is 359 g/mol. The second kappa shape index (κ2) is 7.99. The van der Waals surface area contributed by atoms with Crippen molar-refractivity contribution in [1.29, 1.82) is 0 Å². The zero-order chi connectivity index (χ0) is 18.5. The molecule has 3 rings (SSSR count). The molecule has 4 nitrogen and oxygen atoms in total. The molecule has 1 amide bonds. The Labute approximate surface area is 150 Å². The molecule has 0 unspecified atom stereocenters. The van der Waals surface area contributed by atoms with Crippen LogP contribution in [0.4, 0.5) is 8.78 Å². The summed E-state index contributed by atoms with van der Waals surface area (Å²) >= 11 is 0. The van der Waals surface area contributed by atoms with E-state index in [1.807, 2.05) is 30.3 Å². The fourth-order valence-electron chi connectivity index (χ4n) is 2.93. The van der Waals surface area contributed by atoms with Crippen molar-refractivity contribution in [3.63, 3.8) is 0 Å². The van der Waals surface area contributed by atoms with Gasteiger partial charge in [-0.05, 0) is 41.8 Å². The van der Waals surface area contributed by atoms with Crippen LogP contribution >= 0.6 is 0 Å². The van der Waals surface area contributed by atoms with E-state index in [0.29, 0.717) is 19.5 Å². The Morgan fingerprint density at radius 2 is 1.85 bits per heavy atom. The van der Waals surface area contributed by atoms with Crippen LogP contribution in [0.25, 0.3) is 5.57 Å². The fraction of sp³-hybridized carbons (Fsp3) is 0.250. The van der Waals surface area contributed by atoms with Crippen LogP contribution in [-0.4, -0.2) is 37.6 Å². The van der Waals surface area contributed by atoms with Crippen LogP contribution in [-0.2, 0) is 0 Å². The summed E-state index contributed by atoms with van der Waals surface area (Å²) < 4.78 is 34.7. The van der Waals surface area contributed by atoms with Gasteiger partial charge in [0.1, 0.15) is 11.5 Å². The zero-order valence-electron chi connectivity index (χ0n) is 14.3. The summed E-state index contributed by atoms with van der Waals surface area (Å²) in [6.45, 7) is -2.03. The molecule has 6 heteroatoms. The number of carbonyl (C=O) groups is 1. The van der Waals surface area contributed by atoms with E-state index in [-0.39, 0.29) is 17.2 Å². The Kier molecular flexibility index (Phi) is 5.51. The summed E-state index contributed by atoms with van der Waals surface area (Å²) in [7, 11) is 1.62. The molecular weight excluding hydrogens is 340 g/mol. The van der Waals surface area contributed by atoms with Crippen molar-refractivity contribution in [3.8, 4) is 11.5 Å². The normalized spacial score (nSPS) is 14.2. The zero-order valence-corrected chi connectivity index (χ0v) is 14.3. The molecule has 0 N–H and O–H groups in total. The molecule has 0 aromatic heterocycles. The molecule has 0 spiro atoms. The Hall–Kier alpha value is -2.89. The molecule has 1 heterocycles. The minimum absolute atomic E-state index is 0.0996. The van der Waals surface area contributed by atoms with E-state index in [1.54, 1.807) is 24.1 Å². The van der Waals surface area contributed by atoms with E-state index in [0.717, 1.165) is 16.9 Å². The molecule has 0 aliphatic carbocycles. The highest BCUT2D eigenvalue weighted by Gasteiger charge is 2.23. The van der Waals surface area contributed by atoms with Crippen molar-refractivity contribution >= 4 is 11.5 Å². The van der Waals surface area contributed by atoms with Gasteiger partial charge in [-0.15, -0.1) is 0 Å². The molecule has 0 radical (unpaired) electrons. The molecule has 0 bridgehead atoms. The standard InChI is InChI=1S/C20H19F2NO3/c1-25-16-8-6-14(7-9-16)15-10-12-23(13-11-15)19(24)17-4-2-3-5-18(17)26-20(21)22/h2-10,20H,11-13H2,1H3. The second-order valence-corrected chi connectivity index (χ2v) is 5.83. The summed E-state index contributed by atoms with van der Waals surface area (Å²) in [5.74, 6) is 0.376. The van der Waals surface area contributed by atoms with E-state index in [1.165, 1.54) is 12.1 Å². The quantitative estimate of drug-likeness (QED) is 0.802. The van der Waals surface area contributed by atoms with Gasteiger partial charge in [0.2, 0.25) is 0 Å². The molecule has 0 saturated carbocycles. The van der Waals surface area contributed by atoms with Gasteiger partial charge in [0, 0.05) is 13.1 Å². The number of amides is 1. The van der Waals surface area contributed by atoms with Gasteiger partial charge in [0.15, 0.2) is 0 Å². The van der Waals surface area contributed by atoms with Gasteiger partial charge in [0.25, 0.3) is 5.91 Å². The maximum atomic E-state index is 12.7. The van der Waals surface area contributed by atoms with E-state index in [4.69, 9.17) is 4.74 Å². The summed E-state index contributed by atoms with van der Waals surface area (Å²) in [6.07, 6.45) is 2.68. The van der Waals surface area contributed by atoms with Gasteiger partial charge in [-0.3, -0.25) is 4.79 Å². The largest absolute Gasteiger partial charge is 0.497 e. The number of rotatable bonds is 5. The molecule has 0 fully saturated rings. The summed E-state index contributed by atoms with van der Waals surface area (Å²) in [6, 6.07) is 13.8. The first kappa shape index (κ1) is 17.9. The highest BCUT2D eigenvalue weighted by molar-refractivity contribution is 5.97. The lowest BCUT2D eigenvalue weighted by molar-refractivity contribution is -0.0502. The number of hydrogen-bond acceptors (Lipinski definition) is 3. The predicted octanol–water partition coefficient (Wildman–Crippen LogP) is 4.23. The van der Waals surface area contributed by atoms with Crippen molar-refractivity contribution in [2.45, 2.75) is 13.0 Å². The molecular formula is C20H19F2NO3. The van der Waals surface area contributed by atoms with Crippen LogP contribution in [0, 0.1) is 0 Å². The first-order valence-corrected chi connectivity index (χ1v) is 8.25. The van der Waals surface area contributed by atoms with Crippen LogP contribution in [0.5, 0.6) is 11.5 Å². The van der Waals surface area contributed by atoms with Crippen LogP contribution in [0.3, 0.4) is 0 Å². The Bertz CT molecular complexity index is 803. The third-order valence-electron chi connectivity index (χ3n) is 4.29. The third-order valence-corrected chi connectivity index (χ3v) is 4.29. The highest BCUT2D eigenvalue weighted by atomic mass is 19.3. The molecule has 1 aliphatic rings. The molecule has 2 aromatic rings. The first-order chi connectivity index (χ1) is 12.6. The summed E-state index contributed by atoms with van der Waals surface area (Å²) in [5.41, 5.74) is 2.38. The number of carbonyl (C=O) groups excluding carboxylic acids is 1. The average molecular weight is 359 g/mol. The van der Waals surface area contributed by atoms with Crippen molar-refractivity contribution in [2.24, 2.45) is 0 Å². The number of para-hydroxylation sites is 1. The van der Waals surface area contributed by atoms with Crippen LogP contribution in [0.1, 0.15) is 22.3 Å². The average Bonchev–Trinajstić information content (AvgIpc) is 2.68. The van der Waals surface area contributed by atoms with Gasteiger partial charge in [-0.2, -0.15) is 8.78 Å².